The summed E-state index contributed by atoms with van der Waals surface area (Å²) in [5.74, 6) is -0.00251. The van der Waals surface area contributed by atoms with Gasteiger partial charge in [-0.05, 0) is 35.7 Å². The van der Waals surface area contributed by atoms with Crippen molar-refractivity contribution in [1.29, 1.82) is 5.26 Å². The molecule has 1 heterocycles. The first-order valence-corrected chi connectivity index (χ1v) is 12.6. The Labute approximate surface area is 224 Å². The molecule has 1 amide bonds. The second-order valence-corrected chi connectivity index (χ2v) is 9.66. The van der Waals surface area contributed by atoms with Crippen LogP contribution in [0.4, 0.5) is 5.69 Å². The Morgan fingerprint density at radius 1 is 1.19 bits per heavy atom. The van der Waals surface area contributed by atoms with Gasteiger partial charge in [-0.2, -0.15) is 5.26 Å². The molecule has 0 bridgehead atoms. The Morgan fingerprint density at radius 3 is 2.41 bits per heavy atom. The number of benzene rings is 2. The molecule has 3 N–H and O–H groups in total. The van der Waals surface area contributed by atoms with Crippen LogP contribution >= 0.6 is 11.6 Å². The molecule has 2 aromatic rings. The maximum atomic E-state index is 13.1. The normalized spacial score (nSPS) is 14.8. The number of amidine groups is 1. The second kappa shape index (κ2) is 13.5. The van der Waals surface area contributed by atoms with Crippen LogP contribution in [0.5, 0.6) is 0 Å². The van der Waals surface area contributed by atoms with E-state index < -0.39 is 0 Å². The first kappa shape index (κ1) is 27.8. The van der Waals surface area contributed by atoms with Crippen LogP contribution in [0.3, 0.4) is 0 Å². The predicted octanol–water partition coefficient (Wildman–Crippen LogP) is 4.09. The molecular formula is C28H34ClN7O. The molecule has 0 atom stereocenters. The van der Waals surface area contributed by atoms with E-state index in [1.54, 1.807) is 0 Å². The molecule has 194 valence electrons. The van der Waals surface area contributed by atoms with Gasteiger partial charge >= 0.3 is 0 Å². The van der Waals surface area contributed by atoms with Crippen molar-refractivity contribution < 1.29 is 4.79 Å². The number of rotatable bonds is 8. The summed E-state index contributed by atoms with van der Waals surface area (Å²) in [6.07, 6.45) is 1.17. The van der Waals surface area contributed by atoms with Gasteiger partial charge in [-0.1, -0.05) is 62.4 Å². The van der Waals surface area contributed by atoms with Crippen LogP contribution in [0.15, 0.2) is 83.1 Å². The number of anilines is 1. The number of amides is 1. The maximum Gasteiger partial charge on any atom is 0.269 e. The monoisotopic (exact) mass is 519 g/mol. The number of piperazine rings is 1. The van der Waals surface area contributed by atoms with Crippen LogP contribution in [-0.4, -0.2) is 54.4 Å². The Morgan fingerprint density at radius 2 is 1.84 bits per heavy atom. The van der Waals surface area contributed by atoms with E-state index in [9.17, 15) is 4.79 Å². The SMILES string of the molecule is C=C(C#N)/N=C(\C(Cl)=C/N)N(CC(C)C)NC(=O)c1ccc(CN2CCN(c3ccccc3)CC2)cc1. The molecule has 37 heavy (non-hydrogen) atoms. The summed E-state index contributed by atoms with van der Waals surface area (Å²) in [6.45, 7) is 12.7. The van der Waals surface area contributed by atoms with E-state index >= 15 is 0 Å². The molecule has 0 unspecified atom stereocenters. The van der Waals surface area contributed by atoms with Crippen LogP contribution in [0.2, 0.25) is 0 Å². The second-order valence-electron chi connectivity index (χ2n) is 9.25. The first-order valence-electron chi connectivity index (χ1n) is 12.3. The minimum atomic E-state index is -0.319. The van der Waals surface area contributed by atoms with Crippen molar-refractivity contribution in [1.82, 2.24) is 15.3 Å². The number of nitriles is 1. The van der Waals surface area contributed by atoms with Gasteiger partial charge < -0.3 is 10.6 Å². The van der Waals surface area contributed by atoms with Gasteiger partial charge in [0.15, 0.2) is 5.84 Å². The standard InChI is InChI=1S/C28H34ClN7O/c1-21(2)19-36(27(26(29)18-31)32-22(3)17-30)33-28(37)24-11-9-23(10-12-24)20-34-13-15-35(16-14-34)25-7-5-4-6-8-25/h4-12,18,21H,3,13-16,19-20,31H2,1-2H3,(H,33,37)/b26-18+,32-27+. The fourth-order valence-electron chi connectivity index (χ4n) is 4.03. The zero-order valence-electron chi connectivity index (χ0n) is 21.4. The average molecular weight is 520 g/mol. The van der Waals surface area contributed by atoms with E-state index in [4.69, 9.17) is 22.6 Å². The van der Waals surface area contributed by atoms with Crippen molar-refractivity contribution >= 4 is 29.0 Å². The molecule has 1 saturated heterocycles. The molecule has 0 spiro atoms. The van der Waals surface area contributed by atoms with Crippen LogP contribution in [0, 0.1) is 17.2 Å². The summed E-state index contributed by atoms with van der Waals surface area (Å²) in [5.41, 5.74) is 11.3. The summed E-state index contributed by atoms with van der Waals surface area (Å²) in [6, 6.07) is 19.9. The quantitative estimate of drug-likeness (QED) is 0.236. The highest BCUT2D eigenvalue weighted by Crippen LogP contribution is 2.17. The van der Waals surface area contributed by atoms with E-state index in [2.05, 4.69) is 51.1 Å². The molecular weight excluding hydrogens is 486 g/mol. The molecule has 0 aliphatic carbocycles. The summed E-state index contributed by atoms with van der Waals surface area (Å²) >= 11 is 6.25. The first-order chi connectivity index (χ1) is 17.8. The van der Waals surface area contributed by atoms with Crippen LogP contribution < -0.4 is 16.1 Å². The zero-order chi connectivity index (χ0) is 26.8. The molecule has 0 saturated carbocycles. The number of nitrogens with zero attached hydrogens (tertiary/aromatic N) is 5. The minimum absolute atomic E-state index is 0.0491. The van der Waals surface area contributed by atoms with Crippen molar-refractivity contribution in [2.75, 3.05) is 37.6 Å². The number of hydrogen-bond acceptors (Lipinski definition) is 6. The third-order valence-corrected chi connectivity index (χ3v) is 6.18. The third-order valence-electron chi connectivity index (χ3n) is 5.89. The summed E-state index contributed by atoms with van der Waals surface area (Å²) < 4.78 is 0. The van der Waals surface area contributed by atoms with Crippen molar-refractivity contribution in [3.05, 3.63) is 89.2 Å². The number of carbonyl (C=O) groups is 1. The van der Waals surface area contributed by atoms with Crippen LogP contribution in [0.1, 0.15) is 29.8 Å². The number of allylic oxidation sites excluding steroid dienone is 1. The molecule has 1 aliphatic rings. The smallest absolute Gasteiger partial charge is 0.269 e. The van der Waals surface area contributed by atoms with Crippen LogP contribution in [-0.2, 0) is 6.54 Å². The highest BCUT2D eigenvalue weighted by molar-refractivity contribution is 6.43. The zero-order valence-corrected chi connectivity index (χ0v) is 22.2. The average Bonchev–Trinajstić information content (AvgIpc) is 2.91. The number of halogens is 1. The summed E-state index contributed by atoms with van der Waals surface area (Å²) in [5, 5.41) is 10.7. The lowest BCUT2D eigenvalue weighted by molar-refractivity contribution is 0.0862. The fraction of sp³-hybridized carbons (Fsp3) is 0.321. The van der Waals surface area contributed by atoms with Crippen molar-refractivity contribution in [2.45, 2.75) is 20.4 Å². The van der Waals surface area contributed by atoms with Crippen molar-refractivity contribution in [3.63, 3.8) is 0 Å². The highest BCUT2D eigenvalue weighted by Gasteiger charge is 2.21. The number of nitrogens with one attached hydrogen (secondary N) is 1. The van der Waals surface area contributed by atoms with E-state index in [-0.39, 0.29) is 28.4 Å². The van der Waals surface area contributed by atoms with Gasteiger partial charge in [0.2, 0.25) is 0 Å². The topological polar surface area (TPSA) is 101 Å². The largest absolute Gasteiger partial charge is 0.403 e. The van der Waals surface area contributed by atoms with Crippen molar-refractivity contribution in [3.8, 4) is 6.07 Å². The molecule has 8 nitrogen and oxygen atoms in total. The number of hydrogen-bond donors (Lipinski definition) is 2. The summed E-state index contributed by atoms with van der Waals surface area (Å²) in [7, 11) is 0. The van der Waals surface area contributed by atoms with E-state index in [1.165, 1.54) is 16.9 Å². The summed E-state index contributed by atoms with van der Waals surface area (Å²) in [4.78, 5) is 22.1. The molecule has 1 fully saturated rings. The molecule has 0 aromatic heterocycles. The van der Waals surface area contributed by atoms with Crippen LogP contribution in [0.25, 0.3) is 0 Å². The highest BCUT2D eigenvalue weighted by atomic mass is 35.5. The van der Waals surface area contributed by atoms with Gasteiger partial charge in [-0.3, -0.25) is 20.1 Å². The fourth-order valence-corrected chi connectivity index (χ4v) is 4.17. The third kappa shape index (κ3) is 8.10. The van der Waals surface area contributed by atoms with Gasteiger partial charge in [-0.25, -0.2) is 4.99 Å². The Balaban J connectivity index is 1.63. The number of nitrogens with two attached hydrogens (primary N) is 1. The number of para-hydroxylation sites is 1. The van der Waals surface area contributed by atoms with Gasteiger partial charge in [0.1, 0.15) is 16.8 Å². The lowest BCUT2D eigenvalue weighted by atomic mass is 10.1. The van der Waals surface area contributed by atoms with Gasteiger partial charge in [-0.15, -0.1) is 0 Å². The number of aliphatic imine (C=N–C) groups is 1. The van der Waals surface area contributed by atoms with Gasteiger partial charge in [0.25, 0.3) is 5.91 Å². The van der Waals surface area contributed by atoms with E-state index in [0.717, 1.165) is 38.3 Å². The Hall–Kier alpha value is -3.80. The molecule has 0 radical (unpaired) electrons. The Bertz CT molecular complexity index is 1160. The van der Waals surface area contributed by atoms with E-state index in [0.29, 0.717) is 12.1 Å². The predicted molar refractivity (Wildman–Crippen MR) is 150 cm³/mol. The van der Waals surface area contributed by atoms with Gasteiger partial charge in [0, 0.05) is 56.7 Å². The number of hydrazine groups is 1. The molecule has 9 heteroatoms. The lowest BCUT2D eigenvalue weighted by Gasteiger charge is -2.36. The minimum Gasteiger partial charge on any atom is -0.403 e. The molecule has 2 aromatic carbocycles. The lowest BCUT2D eigenvalue weighted by Crippen LogP contribution is -2.48. The maximum absolute atomic E-state index is 13.1. The Kier molecular flexibility index (Phi) is 10.1. The van der Waals surface area contributed by atoms with Gasteiger partial charge in [0.05, 0.1) is 0 Å². The molecule has 3 rings (SSSR count). The van der Waals surface area contributed by atoms with Crippen molar-refractivity contribution in [2.24, 2.45) is 16.6 Å². The number of carbonyl (C=O) groups excluding carboxylic acids is 1. The van der Waals surface area contributed by atoms with E-state index in [1.807, 2.05) is 50.2 Å². The molecule has 1 aliphatic heterocycles.